The summed E-state index contributed by atoms with van der Waals surface area (Å²) in [6, 6.07) is 3.39. The Morgan fingerprint density at radius 3 is 2.19 bits per heavy atom. The van der Waals surface area contributed by atoms with Crippen LogP contribution in [0.15, 0.2) is 24.5 Å². The quantitative estimate of drug-likeness (QED) is 0.302. The van der Waals surface area contributed by atoms with Crippen LogP contribution in [0, 0.1) is 0 Å². The Bertz CT molecular complexity index is 660. The molecule has 0 saturated heterocycles. The van der Waals surface area contributed by atoms with Gasteiger partial charge in [-0.25, -0.2) is 10.2 Å². The molecule has 0 aliphatic rings. The monoisotopic (exact) mass is 401 g/mol. The molecule has 0 aliphatic heterocycles. The predicted molar refractivity (Wildman–Crippen MR) is 96.0 cm³/mol. The fourth-order valence-electron chi connectivity index (χ4n) is 2.13. The fourth-order valence-corrected chi connectivity index (χ4v) is 4.25. The predicted octanol–water partition coefficient (Wildman–Crippen LogP) is 0.274. The van der Waals surface area contributed by atoms with Crippen molar-refractivity contribution < 1.29 is 33.2 Å². The van der Waals surface area contributed by atoms with Crippen molar-refractivity contribution in [2.45, 2.75) is 19.0 Å². The van der Waals surface area contributed by atoms with E-state index in [2.05, 4.69) is 24.6 Å². The number of pyridine rings is 1. The highest BCUT2D eigenvalue weighted by Crippen LogP contribution is 2.44. The summed E-state index contributed by atoms with van der Waals surface area (Å²) in [6.07, 6.45) is 3.11. The highest BCUT2D eigenvalue weighted by molar-refractivity contribution is 7.61. The van der Waals surface area contributed by atoms with Crippen LogP contribution in [-0.2, 0) is 39.6 Å². The maximum Gasteiger partial charge on any atom is 0.320 e. The fraction of sp³-hybridized carbons (Fsp3) is 0.500. The van der Waals surface area contributed by atoms with Gasteiger partial charge in [0.05, 0.1) is 20.8 Å². The summed E-state index contributed by atoms with van der Waals surface area (Å²) < 4.78 is 27.6. The van der Waals surface area contributed by atoms with E-state index in [0.717, 1.165) is 0 Å². The van der Waals surface area contributed by atoms with Crippen molar-refractivity contribution in [1.29, 1.82) is 0 Å². The number of hydrogen-bond acceptors (Lipinski definition) is 8. The first kappa shape index (κ1) is 22.8. The molecule has 1 aromatic rings. The van der Waals surface area contributed by atoms with Crippen LogP contribution in [-0.4, -0.2) is 62.5 Å². The van der Waals surface area contributed by atoms with Crippen LogP contribution >= 0.6 is 7.44 Å². The van der Waals surface area contributed by atoms with E-state index in [-0.39, 0.29) is 13.0 Å². The number of aromatic nitrogens is 1. The van der Waals surface area contributed by atoms with Crippen LogP contribution in [0.4, 0.5) is 0 Å². The molecule has 1 atom stereocenters. The van der Waals surface area contributed by atoms with Crippen molar-refractivity contribution in [3.63, 3.8) is 0 Å². The molecule has 0 aromatic carbocycles. The number of esters is 3. The van der Waals surface area contributed by atoms with E-state index in [4.69, 9.17) is 4.74 Å². The summed E-state index contributed by atoms with van der Waals surface area (Å²) in [6.45, 7) is 0.847. The van der Waals surface area contributed by atoms with Crippen LogP contribution in [0.3, 0.4) is 0 Å². The number of carbonyl (C=O) groups excluding carboxylic acids is 3. The van der Waals surface area contributed by atoms with E-state index in [9.17, 15) is 18.9 Å². The van der Waals surface area contributed by atoms with E-state index >= 15 is 0 Å². The molecule has 2 N–H and O–H groups in total. The number of ether oxygens (including phenoxy) is 3. The van der Waals surface area contributed by atoms with E-state index in [1.807, 2.05) is 0 Å². The summed E-state index contributed by atoms with van der Waals surface area (Å²) in [5.74, 6) is -2.10. The third-order valence-electron chi connectivity index (χ3n) is 3.52. The summed E-state index contributed by atoms with van der Waals surface area (Å²) in [7, 11) is -1.47. The Balaban J connectivity index is 3.15. The van der Waals surface area contributed by atoms with Gasteiger partial charge in [-0.15, -0.1) is 0 Å². The van der Waals surface area contributed by atoms with E-state index < -0.39 is 44.1 Å². The van der Waals surface area contributed by atoms with Gasteiger partial charge in [0.2, 0.25) is 7.44 Å². The van der Waals surface area contributed by atoms with Gasteiger partial charge < -0.3 is 14.2 Å². The van der Waals surface area contributed by atoms with Gasteiger partial charge in [-0.3, -0.25) is 23.9 Å². The minimum atomic E-state index is -3.82. The summed E-state index contributed by atoms with van der Waals surface area (Å²) >= 11 is 0. The van der Waals surface area contributed by atoms with Gasteiger partial charge in [-0.05, 0) is 25.0 Å². The van der Waals surface area contributed by atoms with Gasteiger partial charge >= 0.3 is 17.9 Å². The number of rotatable bonds is 11. The van der Waals surface area contributed by atoms with Crippen molar-refractivity contribution in [3.8, 4) is 0 Å². The van der Waals surface area contributed by atoms with Gasteiger partial charge in [0.25, 0.3) is 0 Å². The van der Waals surface area contributed by atoms with Crippen molar-refractivity contribution in [3.05, 3.63) is 30.1 Å². The first-order valence-electron chi connectivity index (χ1n) is 8.15. The molecular formula is C16H24N3O7P. The maximum absolute atomic E-state index is 13.5. The van der Waals surface area contributed by atoms with E-state index in [1.165, 1.54) is 20.4 Å². The average Bonchev–Trinajstić information content (AvgIpc) is 2.69. The molecule has 1 heterocycles. The molecule has 1 aromatic heterocycles. The Labute approximate surface area is 157 Å². The molecule has 10 nitrogen and oxygen atoms in total. The zero-order chi connectivity index (χ0) is 20.3. The zero-order valence-electron chi connectivity index (χ0n) is 15.5. The first-order valence-corrected chi connectivity index (χ1v) is 9.93. The van der Waals surface area contributed by atoms with Gasteiger partial charge in [-0.2, -0.15) is 0 Å². The van der Waals surface area contributed by atoms with Gasteiger partial charge in [0, 0.05) is 12.4 Å². The summed E-state index contributed by atoms with van der Waals surface area (Å²) in [4.78, 5) is 39.4. The third-order valence-corrected chi connectivity index (χ3v) is 6.05. The molecule has 1 unspecified atom stereocenters. The summed E-state index contributed by atoms with van der Waals surface area (Å²) in [5, 5.41) is 5.05. The largest absolute Gasteiger partial charge is 0.468 e. The molecule has 0 fully saturated rings. The number of nitrogens with one attached hydrogen (secondary N) is 2. The molecule has 0 amide bonds. The lowest BCUT2D eigenvalue weighted by molar-refractivity contribution is -0.143. The SMILES string of the molecule is CCOC(=O)C(Cc1cccnc1)P(=O)(NCC(=O)OC)NCC(=O)OC. The molecule has 11 heteroatoms. The second-order valence-corrected chi connectivity index (χ2v) is 7.89. The molecule has 0 spiro atoms. The normalized spacial score (nSPS) is 12.1. The maximum atomic E-state index is 13.5. The Morgan fingerprint density at radius 2 is 1.74 bits per heavy atom. The molecule has 150 valence electrons. The lowest BCUT2D eigenvalue weighted by Crippen LogP contribution is -2.41. The Kier molecular flexibility index (Phi) is 9.63. The van der Waals surface area contributed by atoms with Crippen LogP contribution in [0.5, 0.6) is 0 Å². The van der Waals surface area contributed by atoms with Gasteiger partial charge in [0.15, 0.2) is 0 Å². The number of methoxy groups -OCH3 is 2. The highest BCUT2D eigenvalue weighted by atomic mass is 31.2. The molecule has 27 heavy (non-hydrogen) atoms. The van der Waals surface area contributed by atoms with Crippen molar-refractivity contribution in [2.75, 3.05) is 33.9 Å². The van der Waals surface area contributed by atoms with Gasteiger partial charge in [0.1, 0.15) is 18.7 Å². The number of carbonyl (C=O) groups is 3. The van der Waals surface area contributed by atoms with E-state index in [0.29, 0.717) is 5.56 Å². The van der Waals surface area contributed by atoms with Crippen LogP contribution in [0.25, 0.3) is 0 Å². The minimum absolute atomic E-state index is 0.0201. The van der Waals surface area contributed by atoms with Crippen LogP contribution in [0.2, 0.25) is 0 Å². The number of nitrogens with zero attached hydrogens (tertiary/aromatic N) is 1. The molecule has 0 bridgehead atoms. The highest BCUT2D eigenvalue weighted by Gasteiger charge is 2.40. The Morgan fingerprint density at radius 1 is 1.15 bits per heavy atom. The minimum Gasteiger partial charge on any atom is -0.468 e. The van der Waals surface area contributed by atoms with E-state index in [1.54, 1.807) is 25.3 Å². The molecule has 0 radical (unpaired) electrons. The van der Waals surface area contributed by atoms with Crippen molar-refractivity contribution in [2.24, 2.45) is 0 Å². The second kappa shape index (κ2) is 11.4. The third kappa shape index (κ3) is 7.46. The number of hydrogen-bond donors (Lipinski definition) is 2. The molecule has 0 saturated carbocycles. The van der Waals surface area contributed by atoms with Gasteiger partial charge in [-0.1, -0.05) is 6.07 Å². The second-order valence-electron chi connectivity index (χ2n) is 5.31. The molecule has 0 aliphatic carbocycles. The Hall–Kier alpha value is -2.29. The summed E-state index contributed by atoms with van der Waals surface area (Å²) in [5.41, 5.74) is -0.563. The first-order chi connectivity index (χ1) is 12.9. The van der Waals surface area contributed by atoms with Crippen LogP contribution in [0.1, 0.15) is 12.5 Å². The lowest BCUT2D eigenvalue weighted by atomic mass is 10.1. The lowest BCUT2D eigenvalue weighted by Gasteiger charge is -2.27. The topological polar surface area (TPSA) is 133 Å². The smallest absolute Gasteiger partial charge is 0.320 e. The molecular weight excluding hydrogens is 377 g/mol. The average molecular weight is 401 g/mol. The van der Waals surface area contributed by atoms with Crippen molar-refractivity contribution in [1.82, 2.24) is 15.2 Å². The van der Waals surface area contributed by atoms with Crippen molar-refractivity contribution >= 4 is 25.4 Å². The zero-order valence-corrected chi connectivity index (χ0v) is 16.4. The van der Waals surface area contributed by atoms with Crippen LogP contribution < -0.4 is 10.2 Å². The molecule has 1 rings (SSSR count). The standard InChI is InChI=1S/C16H24N3O7P/c1-4-26-16(22)13(8-12-6-5-7-17-9-12)27(23,18-10-14(20)24-2)19-11-15(21)25-3/h5-7,9,13H,4,8,10-11H2,1-3H3,(H2,18,19,23).